The molecule has 1 unspecified atom stereocenters. The highest BCUT2D eigenvalue weighted by Crippen LogP contribution is 2.31. The first-order valence-corrected chi connectivity index (χ1v) is 7.56. The monoisotopic (exact) mass is 356 g/mol. The summed E-state index contributed by atoms with van der Waals surface area (Å²) in [4.78, 5) is 23.6. The van der Waals surface area contributed by atoms with Gasteiger partial charge in [-0.3, -0.25) is 9.59 Å². The molecule has 0 radical (unpaired) electrons. The molecule has 3 N–H and O–H groups in total. The number of rotatable bonds is 6. The molecule has 6 heteroatoms. The lowest BCUT2D eigenvalue weighted by Gasteiger charge is -2.19. The number of hydrogen-bond acceptors (Lipinski definition) is 4. The first kappa shape index (κ1) is 17.5. The lowest BCUT2D eigenvalue weighted by atomic mass is 10.1. The lowest BCUT2D eigenvalue weighted by Crippen LogP contribution is -2.38. The number of amides is 1. The Kier molecular flexibility index (Phi) is 6.20. The predicted molar refractivity (Wildman–Crippen MR) is 86.5 cm³/mol. The molecular formula is C15H21BrN2O3. The van der Waals surface area contributed by atoms with Crippen molar-refractivity contribution in [2.45, 2.75) is 33.8 Å². The normalized spacial score (nSPS) is 12.1. The predicted octanol–water partition coefficient (Wildman–Crippen LogP) is 2.77. The number of ether oxygens (including phenoxy) is 1. The van der Waals surface area contributed by atoms with Gasteiger partial charge in [0.25, 0.3) is 5.91 Å². The number of hydrogen-bond donors (Lipinski definition) is 2. The van der Waals surface area contributed by atoms with Gasteiger partial charge in [-0.2, -0.15) is 0 Å². The molecule has 0 aliphatic rings. The molecule has 116 valence electrons. The molecule has 0 saturated carbocycles. The van der Waals surface area contributed by atoms with E-state index < -0.39 is 6.10 Å². The Bertz CT molecular complexity index is 544. The molecule has 0 heterocycles. The van der Waals surface area contributed by atoms with Gasteiger partial charge < -0.3 is 15.8 Å². The van der Waals surface area contributed by atoms with Gasteiger partial charge in [0, 0.05) is 11.0 Å². The topological polar surface area (TPSA) is 81.4 Å². The molecule has 5 nitrogen and oxygen atoms in total. The number of carbonyl (C=O) groups is 2. The van der Waals surface area contributed by atoms with Crippen LogP contribution >= 0.6 is 15.9 Å². The molecule has 1 aromatic carbocycles. The third-order valence-corrected chi connectivity index (χ3v) is 3.27. The van der Waals surface area contributed by atoms with Gasteiger partial charge in [-0.25, -0.2) is 0 Å². The van der Waals surface area contributed by atoms with Crippen molar-refractivity contribution in [1.29, 1.82) is 0 Å². The van der Waals surface area contributed by atoms with E-state index in [1.54, 1.807) is 19.1 Å². The van der Waals surface area contributed by atoms with Crippen LogP contribution in [-0.2, 0) is 4.79 Å². The van der Waals surface area contributed by atoms with E-state index in [1.807, 2.05) is 13.8 Å². The number of Topliss-reactive ketones (excluding diaryl/α,β-unsaturated/α-hetero) is 1. The molecule has 0 aromatic heterocycles. The van der Waals surface area contributed by atoms with Crippen molar-refractivity contribution in [1.82, 2.24) is 5.32 Å². The first-order chi connectivity index (χ1) is 9.72. The summed E-state index contributed by atoms with van der Waals surface area (Å²) in [5.74, 6) is 0.192. The summed E-state index contributed by atoms with van der Waals surface area (Å²) in [5.41, 5.74) is 6.56. The van der Waals surface area contributed by atoms with Gasteiger partial charge in [0.15, 0.2) is 17.6 Å². The number of anilines is 1. The van der Waals surface area contributed by atoms with Crippen LogP contribution in [0.25, 0.3) is 0 Å². The highest BCUT2D eigenvalue weighted by atomic mass is 79.9. The SMILES string of the molecule is CC(=O)c1cc(Br)cc(N)c1OC(C)C(=O)NCC(C)C. The zero-order valence-corrected chi connectivity index (χ0v) is 14.3. The molecule has 1 atom stereocenters. The van der Waals surface area contributed by atoms with E-state index in [4.69, 9.17) is 10.5 Å². The minimum absolute atomic E-state index is 0.173. The summed E-state index contributed by atoms with van der Waals surface area (Å²) in [6.45, 7) is 7.64. The van der Waals surface area contributed by atoms with Crippen LogP contribution in [0.3, 0.4) is 0 Å². The van der Waals surface area contributed by atoms with Crippen molar-refractivity contribution < 1.29 is 14.3 Å². The highest BCUT2D eigenvalue weighted by molar-refractivity contribution is 9.10. The van der Waals surface area contributed by atoms with Gasteiger partial charge >= 0.3 is 0 Å². The van der Waals surface area contributed by atoms with Crippen LogP contribution in [0.2, 0.25) is 0 Å². The van der Waals surface area contributed by atoms with E-state index in [2.05, 4.69) is 21.2 Å². The standard InChI is InChI=1S/C15H21BrN2O3/c1-8(2)7-18-15(20)10(4)21-14-12(9(3)19)5-11(16)6-13(14)17/h5-6,8,10H,7,17H2,1-4H3,(H,18,20). The second kappa shape index (κ2) is 7.45. The van der Waals surface area contributed by atoms with Crippen molar-refractivity contribution in [2.75, 3.05) is 12.3 Å². The Hall–Kier alpha value is -1.56. The zero-order chi connectivity index (χ0) is 16.2. The largest absolute Gasteiger partial charge is 0.478 e. The van der Waals surface area contributed by atoms with Crippen LogP contribution in [0, 0.1) is 5.92 Å². The average Bonchev–Trinajstić information content (AvgIpc) is 2.38. The number of nitrogens with one attached hydrogen (secondary N) is 1. The second-order valence-corrected chi connectivity index (χ2v) is 6.24. The Balaban J connectivity index is 2.92. The number of benzene rings is 1. The van der Waals surface area contributed by atoms with Crippen LogP contribution in [0.5, 0.6) is 5.75 Å². The maximum atomic E-state index is 11.9. The van der Waals surface area contributed by atoms with Gasteiger partial charge in [-0.1, -0.05) is 29.8 Å². The number of halogens is 1. The van der Waals surface area contributed by atoms with E-state index in [0.717, 1.165) is 0 Å². The molecule has 0 saturated heterocycles. The number of ketones is 1. The summed E-state index contributed by atoms with van der Waals surface area (Å²) < 4.78 is 6.30. The van der Waals surface area contributed by atoms with E-state index >= 15 is 0 Å². The summed E-state index contributed by atoms with van der Waals surface area (Å²) in [6.07, 6.45) is -0.731. The van der Waals surface area contributed by atoms with Gasteiger partial charge in [0.05, 0.1) is 11.3 Å². The molecule has 21 heavy (non-hydrogen) atoms. The fourth-order valence-corrected chi connectivity index (χ4v) is 2.16. The third-order valence-electron chi connectivity index (χ3n) is 2.81. The summed E-state index contributed by atoms with van der Waals surface area (Å²) in [6, 6.07) is 3.27. The molecule has 0 fully saturated rings. The van der Waals surface area contributed by atoms with Crippen molar-refractivity contribution >= 4 is 33.3 Å². The Morgan fingerprint density at radius 3 is 2.48 bits per heavy atom. The minimum Gasteiger partial charge on any atom is -0.478 e. The molecule has 0 aliphatic heterocycles. The summed E-state index contributed by atoms with van der Waals surface area (Å²) in [7, 11) is 0. The van der Waals surface area contributed by atoms with Crippen LogP contribution in [0.15, 0.2) is 16.6 Å². The van der Waals surface area contributed by atoms with E-state index in [1.165, 1.54) is 6.92 Å². The van der Waals surface area contributed by atoms with Crippen molar-refractivity contribution in [3.63, 3.8) is 0 Å². The highest BCUT2D eigenvalue weighted by Gasteiger charge is 2.20. The Morgan fingerprint density at radius 1 is 1.33 bits per heavy atom. The molecule has 0 bridgehead atoms. The number of nitrogens with two attached hydrogens (primary N) is 1. The number of carbonyl (C=O) groups excluding carboxylic acids is 2. The molecule has 0 aliphatic carbocycles. The van der Waals surface area contributed by atoms with Crippen LogP contribution in [-0.4, -0.2) is 24.3 Å². The smallest absolute Gasteiger partial charge is 0.260 e. The fourth-order valence-electron chi connectivity index (χ4n) is 1.69. The van der Waals surface area contributed by atoms with Crippen molar-refractivity contribution in [3.05, 3.63) is 22.2 Å². The van der Waals surface area contributed by atoms with Gasteiger partial charge in [0.2, 0.25) is 0 Å². The third kappa shape index (κ3) is 5.04. The van der Waals surface area contributed by atoms with Gasteiger partial charge in [0.1, 0.15) is 0 Å². The molecule has 1 aromatic rings. The minimum atomic E-state index is -0.731. The molecule has 0 spiro atoms. The van der Waals surface area contributed by atoms with E-state index in [0.29, 0.717) is 28.2 Å². The lowest BCUT2D eigenvalue weighted by molar-refractivity contribution is -0.127. The second-order valence-electron chi connectivity index (χ2n) is 5.33. The van der Waals surface area contributed by atoms with Crippen LogP contribution in [0.4, 0.5) is 5.69 Å². The van der Waals surface area contributed by atoms with Crippen molar-refractivity contribution in [2.24, 2.45) is 5.92 Å². The van der Waals surface area contributed by atoms with Gasteiger partial charge in [-0.15, -0.1) is 0 Å². The van der Waals surface area contributed by atoms with E-state index in [-0.39, 0.29) is 17.4 Å². The molecule has 1 amide bonds. The average molecular weight is 357 g/mol. The van der Waals surface area contributed by atoms with Crippen LogP contribution < -0.4 is 15.8 Å². The maximum Gasteiger partial charge on any atom is 0.260 e. The first-order valence-electron chi connectivity index (χ1n) is 6.76. The quantitative estimate of drug-likeness (QED) is 0.606. The van der Waals surface area contributed by atoms with Crippen molar-refractivity contribution in [3.8, 4) is 5.75 Å². The molecule has 1 rings (SSSR count). The Morgan fingerprint density at radius 2 is 1.95 bits per heavy atom. The molecular weight excluding hydrogens is 336 g/mol. The van der Waals surface area contributed by atoms with Gasteiger partial charge in [-0.05, 0) is 31.9 Å². The van der Waals surface area contributed by atoms with Crippen LogP contribution in [0.1, 0.15) is 38.1 Å². The fraction of sp³-hybridized carbons (Fsp3) is 0.467. The zero-order valence-electron chi connectivity index (χ0n) is 12.7. The van der Waals surface area contributed by atoms with E-state index in [9.17, 15) is 9.59 Å². The Labute approximate surface area is 133 Å². The summed E-state index contributed by atoms with van der Waals surface area (Å²) in [5, 5.41) is 2.78. The summed E-state index contributed by atoms with van der Waals surface area (Å²) >= 11 is 3.28. The maximum absolute atomic E-state index is 11.9. The number of nitrogen functional groups attached to an aromatic ring is 1.